The number of hydrogen-bond donors (Lipinski definition) is 0. The lowest BCUT2D eigenvalue weighted by molar-refractivity contribution is 0.260. The topological polar surface area (TPSA) is 3.24 Å². The maximum atomic E-state index is 2.61. The Hall–Kier alpha value is -0.0900. The second kappa shape index (κ2) is 7.79. The zero-order valence-corrected chi connectivity index (χ0v) is 15.2. The fourth-order valence-corrected chi connectivity index (χ4v) is 4.24. The Balaban J connectivity index is 2.07. The largest absolute Gasteiger partial charge is 0.303 e. The Labute approximate surface area is 138 Å². The third-order valence-corrected chi connectivity index (χ3v) is 5.46. The molecule has 1 aromatic rings. The molecule has 1 aliphatic carbocycles. The van der Waals surface area contributed by atoms with Gasteiger partial charge in [-0.1, -0.05) is 72.2 Å². The molecular weight excluding hydrogens is 357 g/mol. The summed E-state index contributed by atoms with van der Waals surface area (Å²) in [7, 11) is 0. The highest BCUT2D eigenvalue weighted by molar-refractivity contribution is 14.1. The Morgan fingerprint density at radius 2 is 1.75 bits per heavy atom. The normalized spacial score (nSPS) is 17.8. The molecule has 20 heavy (non-hydrogen) atoms. The van der Waals surface area contributed by atoms with Crippen LogP contribution in [0.15, 0.2) is 24.3 Å². The number of rotatable bonds is 7. The zero-order chi connectivity index (χ0) is 14.4. The molecule has 1 aliphatic rings. The van der Waals surface area contributed by atoms with Gasteiger partial charge in [0.2, 0.25) is 0 Å². The first-order valence-electron chi connectivity index (χ1n) is 8.06. The van der Waals surface area contributed by atoms with Crippen molar-refractivity contribution in [2.24, 2.45) is 0 Å². The van der Waals surface area contributed by atoms with Gasteiger partial charge >= 0.3 is 0 Å². The van der Waals surface area contributed by atoms with Gasteiger partial charge in [0.1, 0.15) is 0 Å². The van der Waals surface area contributed by atoms with Crippen LogP contribution in [0.3, 0.4) is 0 Å². The summed E-state index contributed by atoms with van der Waals surface area (Å²) in [5, 5.41) is 0. The molecule has 1 saturated carbocycles. The van der Waals surface area contributed by atoms with Crippen molar-refractivity contribution >= 4 is 22.6 Å². The number of hydrogen-bond acceptors (Lipinski definition) is 1. The molecule has 0 bridgehead atoms. The Morgan fingerprint density at radius 1 is 1.10 bits per heavy atom. The summed E-state index contributed by atoms with van der Waals surface area (Å²) in [6, 6.07) is 9.35. The lowest BCUT2D eigenvalue weighted by Gasteiger charge is -2.32. The van der Waals surface area contributed by atoms with E-state index in [1.807, 2.05) is 0 Å². The summed E-state index contributed by atoms with van der Waals surface area (Å²) in [6.45, 7) is 8.16. The molecule has 0 unspecified atom stereocenters. The molecule has 1 nitrogen and oxygen atoms in total. The summed E-state index contributed by atoms with van der Waals surface area (Å²) in [6.07, 6.45) is 6.93. The first kappa shape index (κ1) is 16.3. The number of nitrogens with zero attached hydrogens (tertiary/aromatic N) is 1. The standard InChI is InChI=1S/C18H28IN/c1-3-20(15-13-19)14-12-18(10-4-5-11-18)17-8-6-16(2)7-9-17/h6-9H,3-5,10-15H2,1-2H3. The Bertz CT molecular complexity index is 392. The third-order valence-electron chi connectivity index (χ3n) is 4.98. The zero-order valence-electron chi connectivity index (χ0n) is 13.0. The molecule has 112 valence electrons. The van der Waals surface area contributed by atoms with Crippen molar-refractivity contribution in [2.45, 2.75) is 51.4 Å². The number of benzene rings is 1. The fourth-order valence-electron chi connectivity index (χ4n) is 3.56. The van der Waals surface area contributed by atoms with E-state index in [4.69, 9.17) is 0 Å². The average Bonchev–Trinajstić information content (AvgIpc) is 2.94. The van der Waals surface area contributed by atoms with Crippen molar-refractivity contribution in [3.05, 3.63) is 35.4 Å². The SMILES string of the molecule is CCN(CCI)CCC1(c2ccc(C)cc2)CCCC1. The summed E-state index contributed by atoms with van der Waals surface area (Å²) in [4.78, 5) is 2.61. The molecule has 0 saturated heterocycles. The van der Waals surface area contributed by atoms with E-state index < -0.39 is 0 Å². The summed E-state index contributed by atoms with van der Waals surface area (Å²) in [5.74, 6) is 0. The van der Waals surface area contributed by atoms with Crippen LogP contribution in [0.1, 0.15) is 50.2 Å². The molecule has 0 spiro atoms. The van der Waals surface area contributed by atoms with Gasteiger partial charge in [-0.3, -0.25) is 0 Å². The van der Waals surface area contributed by atoms with Crippen molar-refractivity contribution in [1.29, 1.82) is 0 Å². The van der Waals surface area contributed by atoms with Crippen molar-refractivity contribution in [3.63, 3.8) is 0 Å². The molecule has 0 N–H and O–H groups in total. The molecule has 2 rings (SSSR count). The fraction of sp³-hybridized carbons (Fsp3) is 0.667. The lowest BCUT2D eigenvalue weighted by Crippen LogP contribution is -2.33. The van der Waals surface area contributed by atoms with Crippen LogP contribution in [0.2, 0.25) is 0 Å². The second-order valence-electron chi connectivity index (χ2n) is 6.23. The van der Waals surface area contributed by atoms with E-state index in [2.05, 4.69) is 65.6 Å². The molecule has 0 radical (unpaired) electrons. The first-order valence-corrected chi connectivity index (χ1v) is 9.58. The van der Waals surface area contributed by atoms with Crippen molar-refractivity contribution in [3.8, 4) is 0 Å². The van der Waals surface area contributed by atoms with Gasteiger partial charge in [0.25, 0.3) is 0 Å². The van der Waals surface area contributed by atoms with Crippen LogP contribution in [-0.4, -0.2) is 29.0 Å². The van der Waals surface area contributed by atoms with Gasteiger partial charge in [-0.05, 0) is 50.3 Å². The second-order valence-corrected chi connectivity index (χ2v) is 7.31. The third kappa shape index (κ3) is 3.97. The minimum absolute atomic E-state index is 0.465. The van der Waals surface area contributed by atoms with Crippen LogP contribution in [0.25, 0.3) is 0 Å². The molecule has 0 aromatic heterocycles. The van der Waals surface area contributed by atoms with E-state index in [1.165, 1.54) is 61.7 Å². The van der Waals surface area contributed by atoms with Gasteiger partial charge in [-0.2, -0.15) is 0 Å². The van der Waals surface area contributed by atoms with Crippen LogP contribution in [0, 0.1) is 6.92 Å². The van der Waals surface area contributed by atoms with Gasteiger partial charge in [0, 0.05) is 11.0 Å². The molecular formula is C18H28IN. The molecule has 0 aliphatic heterocycles. The van der Waals surface area contributed by atoms with E-state index in [0.717, 1.165) is 0 Å². The highest BCUT2D eigenvalue weighted by Crippen LogP contribution is 2.43. The van der Waals surface area contributed by atoms with E-state index in [9.17, 15) is 0 Å². The maximum Gasteiger partial charge on any atom is 0.0123 e. The van der Waals surface area contributed by atoms with E-state index >= 15 is 0 Å². The van der Waals surface area contributed by atoms with Crippen LogP contribution >= 0.6 is 22.6 Å². The summed E-state index contributed by atoms with van der Waals surface area (Å²) < 4.78 is 1.24. The molecule has 1 fully saturated rings. The number of alkyl halides is 1. The number of halogens is 1. The predicted octanol–water partition coefficient (Wildman–Crippen LogP) is 4.95. The predicted molar refractivity (Wildman–Crippen MR) is 96.9 cm³/mol. The quantitative estimate of drug-likeness (QED) is 0.474. The van der Waals surface area contributed by atoms with Crippen LogP contribution in [0.4, 0.5) is 0 Å². The minimum atomic E-state index is 0.465. The first-order chi connectivity index (χ1) is 9.70. The smallest absolute Gasteiger partial charge is 0.0123 e. The monoisotopic (exact) mass is 385 g/mol. The molecule has 0 atom stereocenters. The molecule has 2 heteroatoms. The molecule has 0 heterocycles. The summed E-state index contributed by atoms with van der Waals surface area (Å²) in [5.41, 5.74) is 3.43. The molecule has 0 amide bonds. The van der Waals surface area contributed by atoms with E-state index in [-0.39, 0.29) is 0 Å². The molecule has 1 aromatic carbocycles. The Morgan fingerprint density at radius 3 is 2.30 bits per heavy atom. The van der Waals surface area contributed by atoms with Crippen molar-refractivity contribution in [1.82, 2.24) is 4.90 Å². The average molecular weight is 385 g/mol. The minimum Gasteiger partial charge on any atom is -0.303 e. The van der Waals surface area contributed by atoms with Crippen molar-refractivity contribution in [2.75, 3.05) is 24.1 Å². The van der Waals surface area contributed by atoms with Gasteiger partial charge in [0.05, 0.1) is 0 Å². The number of aryl methyl sites for hydroxylation is 1. The van der Waals surface area contributed by atoms with Gasteiger partial charge in [0.15, 0.2) is 0 Å². The Kier molecular flexibility index (Phi) is 6.34. The van der Waals surface area contributed by atoms with Gasteiger partial charge in [-0.25, -0.2) is 0 Å². The van der Waals surface area contributed by atoms with Crippen molar-refractivity contribution < 1.29 is 0 Å². The lowest BCUT2D eigenvalue weighted by atomic mass is 9.76. The van der Waals surface area contributed by atoms with Crippen LogP contribution < -0.4 is 0 Å². The van der Waals surface area contributed by atoms with E-state index in [1.54, 1.807) is 5.56 Å². The summed E-state index contributed by atoms with van der Waals surface area (Å²) >= 11 is 2.49. The van der Waals surface area contributed by atoms with Crippen LogP contribution in [-0.2, 0) is 5.41 Å². The van der Waals surface area contributed by atoms with E-state index in [0.29, 0.717) is 5.41 Å². The van der Waals surface area contributed by atoms with Gasteiger partial charge < -0.3 is 4.90 Å². The highest BCUT2D eigenvalue weighted by Gasteiger charge is 2.35. The highest BCUT2D eigenvalue weighted by atomic mass is 127. The maximum absolute atomic E-state index is 2.61. The van der Waals surface area contributed by atoms with Crippen LogP contribution in [0.5, 0.6) is 0 Å². The van der Waals surface area contributed by atoms with Gasteiger partial charge in [-0.15, -0.1) is 0 Å².